The van der Waals surface area contributed by atoms with Gasteiger partial charge in [-0.1, -0.05) is 19.8 Å². The van der Waals surface area contributed by atoms with Crippen molar-refractivity contribution in [3.8, 4) is 0 Å². The molecule has 1 saturated carbocycles. The second-order valence-electron chi connectivity index (χ2n) is 1.95. The molecule has 0 atom stereocenters. The summed E-state index contributed by atoms with van der Waals surface area (Å²) in [5.41, 5.74) is -0.500. The van der Waals surface area contributed by atoms with Crippen LogP contribution in [0.15, 0.2) is 0 Å². The van der Waals surface area contributed by atoms with Gasteiger partial charge >= 0.3 is 23.1 Å². The van der Waals surface area contributed by atoms with Gasteiger partial charge in [-0.2, -0.15) is 7.11 Å². The Balaban J connectivity index is 0. The maximum absolute atomic E-state index is 10.2. The van der Waals surface area contributed by atoms with Gasteiger partial charge in [-0.05, 0) is 0 Å². The molecule has 44 valence electrons. The molecular weight excluding hydrogens is 116 g/mol. The molecule has 0 saturated heterocycles. The minimum Gasteiger partial charge on any atom is -0.857 e. The molecule has 0 aromatic rings. The van der Waals surface area contributed by atoms with Gasteiger partial charge in [-0.15, -0.1) is 5.60 Å². The zero-order chi connectivity index (χ0) is 5.91. The monoisotopic (exact) mass is 126 g/mol. The van der Waals surface area contributed by atoms with Crippen LogP contribution in [0.25, 0.3) is 0 Å². The first kappa shape index (κ1) is 11.5. The molecule has 0 aliphatic heterocycles. The van der Waals surface area contributed by atoms with Crippen molar-refractivity contribution in [1.82, 2.24) is 0 Å². The van der Waals surface area contributed by atoms with E-state index in [2.05, 4.69) is 0 Å². The van der Waals surface area contributed by atoms with Gasteiger partial charge in [0.25, 0.3) is 0 Å². The molecule has 1 aliphatic rings. The molecule has 0 amide bonds. The van der Waals surface area contributed by atoms with E-state index in [4.69, 9.17) is 5.11 Å². The average molecular weight is 126 g/mol. The minimum absolute atomic E-state index is 0. The fourth-order valence-electron chi connectivity index (χ4n) is 0.176. The van der Waals surface area contributed by atoms with Gasteiger partial charge in [-0.3, -0.25) is 0 Å². The van der Waals surface area contributed by atoms with E-state index in [0.29, 0.717) is 0 Å². The Bertz CT molecular complexity index is 48.4. The molecule has 2 nitrogen and oxygen atoms in total. The Morgan fingerprint density at radius 2 is 1.38 bits per heavy atom. The third-order valence-electron chi connectivity index (χ3n) is 0.954. The van der Waals surface area contributed by atoms with Crippen LogP contribution >= 0.6 is 0 Å². The average Bonchev–Trinajstić information content (AvgIpc) is 2.26. The zero-order valence-electron chi connectivity index (χ0n) is 5.44. The first-order chi connectivity index (χ1) is 3.21. The third-order valence-corrected chi connectivity index (χ3v) is 0.954. The fraction of sp³-hybridized carbons (Fsp3) is 1.00. The van der Waals surface area contributed by atoms with Crippen molar-refractivity contribution in [2.45, 2.75) is 25.4 Å². The van der Waals surface area contributed by atoms with E-state index in [9.17, 15) is 5.11 Å². The molecule has 8 heavy (non-hydrogen) atoms. The molecule has 1 fully saturated rings. The molecule has 0 bridgehead atoms. The molecule has 0 unspecified atom stereocenters. The topological polar surface area (TPSA) is 46.1 Å². The van der Waals surface area contributed by atoms with E-state index in [1.54, 1.807) is 6.92 Å². The van der Waals surface area contributed by atoms with Gasteiger partial charge in [-0.25, -0.2) is 0 Å². The normalized spacial score (nSPS) is 19.5. The van der Waals surface area contributed by atoms with Crippen LogP contribution in [0.3, 0.4) is 0 Å². The van der Waals surface area contributed by atoms with Gasteiger partial charge in [0, 0.05) is 0 Å². The van der Waals surface area contributed by atoms with Crippen LogP contribution < -0.4 is 10.2 Å². The Hall–Kier alpha value is 0.686. The first-order valence-corrected chi connectivity index (χ1v) is 2.32. The molecule has 0 aromatic heterocycles. The summed E-state index contributed by atoms with van der Waals surface area (Å²) in [5, 5.41) is 18.5. The van der Waals surface area contributed by atoms with Crippen LogP contribution in [0.1, 0.15) is 19.8 Å². The molecule has 3 heteroatoms. The summed E-state index contributed by atoms with van der Waals surface area (Å²) in [4.78, 5) is 0. The molecule has 0 aromatic carbocycles. The SMILES string of the molecule is CC1([O-])CC1.C[O-].[Mg+2]. The quantitative estimate of drug-likeness (QED) is 0.371. The molecule has 0 heterocycles. The van der Waals surface area contributed by atoms with Crippen LogP contribution in [0, 0.1) is 0 Å². The van der Waals surface area contributed by atoms with Crippen molar-refractivity contribution < 1.29 is 10.2 Å². The molecule has 1 rings (SSSR count). The summed E-state index contributed by atoms with van der Waals surface area (Å²) in [7, 11) is 0.750. The first-order valence-electron chi connectivity index (χ1n) is 2.32. The van der Waals surface area contributed by atoms with Crippen LogP contribution in [-0.2, 0) is 0 Å². The fourth-order valence-corrected chi connectivity index (χ4v) is 0.176. The van der Waals surface area contributed by atoms with E-state index in [0.717, 1.165) is 20.0 Å². The van der Waals surface area contributed by atoms with Gasteiger partial charge in [0.05, 0.1) is 0 Å². The van der Waals surface area contributed by atoms with Crippen molar-refractivity contribution in [2.24, 2.45) is 0 Å². The predicted octanol–water partition coefficient (Wildman–Crippen LogP) is -1.51. The van der Waals surface area contributed by atoms with Gasteiger partial charge in [0.2, 0.25) is 0 Å². The maximum atomic E-state index is 10.2. The van der Waals surface area contributed by atoms with Crippen molar-refractivity contribution in [1.29, 1.82) is 0 Å². The largest absolute Gasteiger partial charge is 2.00 e. The van der Waals surface area contributed by atoms with Crippen molar-refractivity contribution in [2.75, 3.05) is 7.11 Å². The summed E-state index contributed by atoms with van der Waals surface area (Å²) < 4.78 is 0. The van der Waals surface area contributed by atoms with E-state index in [-0.39, 0.29) is 23.1 Å². The van der Waals surface area contributed by atoms with E-state index in [1.165, 1.54) is 0 Å². The van der Waals surface area contributed by atoms with E-state index < -0.39 is 5.60 Å². The Morgan fingerprint density at radius 3 is 1.38 bits per heavy atom. The summed E-state index contributed by atoms with van der Waals surface area (Å²) in [5.74, 6) is 0. The molecule has 0 spiro atoms. The smallest absolute Gasteiger partial charge is 0.857 e. The van der Waals surface area contributed by atoms with E-state index >= 15 is 0 Å². The molecule has 1 aliphatic carbocycles. The maximum Gasteiger partial charge on any atom is 2.00 e. The Morgan fingerprint density at radius 1 is 1.25 bits per heavy atom. The molecular formula is C5H10MgO2. The molecule has 0 radical (unpaired) electrons. The van der Waals surface area contributed by atoms with Gasteiger partial charge < -0.3 is 10.2 Å². The Kier molecular flexibility index (Phi) is 6.53. The second kappa shape index (κ2) is 4.55. The predicted molar refractivity (Wildman–Crippen MR) is 29.3 cm³/mol. The van der Waals surface area contributed by atoms with Crippen LogP contribution in [0.2, 0.25) is 0 Å². The summed E-state index contributed by atoms with van der Waals surface area (Å²) in [6.07, 6.45) is 1.79. The standard InChI is InChI=1S/C4H7O.CH3O.Mg/c1-4(5)2-3-4;1-2;/h2-3H2,1H3;1H3;/q2*-1;+2. The van der Waals surface area contributed by atoms with Crippen molar-refractivity contribution in [3.05, 3.63) is 0 Å². The third kappa shape index (κ3) is 6.69. The van der Waals surface area contributed by atoms with Crippen LogP contribution in [0.5, 0.6) is 0 Å². The van der Waals surface area contributed by atoms with Gasteiger partial charge in [0.15, 0.2) is 0 Å². The van der Waals surface area contributed by atoms with Crippen LogP contribution in [0.4, 0.5) is 0 Å². The number of hydrogen-bond donors (Lipinski definition) is 0. The minimum atomic E-state index is -0.500. The number of rotatable bonds is 0. The van der Waals surface area contributed by atoms with Crippen molar-refractivity contribution >= 4 is 23.1 Å². The van der Waals surface area contributed by atoms with E-state index in [1.807, 2.05) is 0 Å². The zero-order valence-corrected chi connectivity index (χ0v) is 6.85. The summed E-state index contributed by atoms with van der Waals surface area (Å²) in [6.45, 7) is 1.74. The second-order valence-corrected chi connectivity index (χ2v) is 1.95. The Labute approximate surface area is 66.1 Å². The molecule has 0 N–H and O–H groups in total. The number of hydrogen-bond acceptors (Lipinski definition) is 2. The summed E-state index contributed by atoms with van der Waals surface area (Å²) in [6, 6.07) is 0. The van der Waals surface area contributed by atoms with Gasteiger partial charge in [0.1, 0.15) is 0 Å². The van der Waals surface area contributed by atoms with Crippen LogP contribution in [-0.4, -0.2) is 35.8 Å². The summed E-state index contributed by atoms with van der Waals surface area (Å²) >= 11 is 0. The van der Waals surface area contributed by atoms with Crippen molar-refractivity contribution in [3.63, 3.8) is 0 Å².